The highest BCUT2D eigenvalue weighted by Crippen LogP contribution is 2.32. The van der Waals surface area contributed by atoms with Crippen LogP contribution in [0.15, 0.2) is 73.1 Å². The Morgan fingerprint density at radius 3 is 1.43 bits per heavy atom. The van der Waals surface area contributed by atoms with Crippen LogP contribution in [0.5, 0.6) is 0 Å². The number of amides is 2. The molecule has 4 aromatic rings. The summed E-state index contributed by atoms with van der Waals surface area (Å²) in [6.07, 6.45) is -7.13. The van der Waals surface area contributed by atoms with Crippen molar-refractivity contribution < 1.29 is 57.5 Å². The monoisotopic (exact) mass is 762 g/mol. The molecule has 2 aromatic heterocycles. The maximum absolute atomic E-state index is 12.5. The minimum atomic E-state index is -5.86. The molecular formula is C27H17Cl2F9N6O4S. The number of hydrogen-bond acceptors (Lipinski definition) is 7. The van der Waals surface area contributed by atoms with E-state index in [1.165, 1.54) is 17.0 Å². The Balaban J connectivity index is 0.000000276. The van der Waals surface area contributed by atoms with E-state index >= 15 is 0 Å². The summed E-state index contributed by atoms with van der Waals surface area (Å²) in [5.74, 6) is -1.72. The molecule has 49 heavy (non-hydrogen) atoms. The molecule has 0 aliphatic rings. The highest BCUT2D eigenvalue weighted by atomic mass is 35.5. The number of rotatable bonds is 6. The Labute approximate surface area is 279 Å². The number of nitrogens with two attached hydrogens (primary N) is 1. The largest absolute Gasteiger partial charge is 0.516 e. The molecule has 0 aliphatic carbocycles. The fourth-order valence-electron chi connectivity index (χ4n) is 3.41. The van der Waals surface area contributed by atoms with E-state index in [1.54, 1.807) is 0 Å². The molecule has 0 aliphatic heterocycles. The van der Waals surface area contributed by atoms with Gasteiger partial charge in [-0.3, -0.25) is 14.3 Å². The first-order chi connectivity index (χ1) is 22.5. The predicted molar refractivity (Wildman–Crippen MR) is 160 cm³/mol. The molecule has 10 nitrogen and oxygen atoms in total. The average molecular weight is 763 g/mol. The van der Waals surface area contributed by atoms with E-state index in [-0.39, 0.29) is 27.8 Å². The zero-order chi connectivity index (χ0) is 36.9. The molecule has 0 bridgehead atoms. The van der Waals surface area contributed by atoms with Gasteiger partial charge in [0.2, 0.25) is 0 Å². The number of pyridine rings is 2. The number of halogens is 11. The van der Waals surface area contributed by atoms with Crippen molar-refractivity contribution in [2.45, 2.75) is 17.9 Å². The summed E-state index contributed by atoms with van der Waals surface area (Å²) in [4.78, 5) is 31.4. The lowest BCUT2D eigenvalue weighted by atomic mass is 10.2. The minimum absolute atomic E-state index is 0.0827. The van der Waals surface area contributed by atoms with Gasteiger partial charge in [0.1, 0.15) is 10.3 Å². The molecule has 2 heterocycles. The standard InChI is InChI=1S/C14H8ClF6N3O3S.C13H9ClF3N3O/c15-11-5-10(24-28(26,27)14(19,20)21)9(6-22-11)12(25)23-8-3-1-7(2-4-8)13(16,17)18;14-11-5-10(18)9(6-19-11)12(21)20-8-3-1-7(2-4-8)13(15,16)17/h1-6H,(H,22,24)(H,23,25);1-6H,(H2,18,19)(H,20,21). The molecule has 0 unspecified atom stereocenters. The van der Waals surface area contributed by atoms with Gasteiger partial charge >= 0.3 is 27.9 Å². The quantitative estimate of drug-likeness (QED) is 0.115. The fourth-order valence-corrected chi connectivity index (χ4v) is 4.31. The molecule has 5 N–H and O–H groups in total. The van der Waals surface area contributed by atoms with E-state index in [0.717, 1.165) is 36.4 Å². The SMILES string of the molecule is Nc1cc(Cl)ncc1C(=O)Nc1ccc(C(F)(F)F)cc1.O=C(Nc1ccc(C(F)(F)F)cc1)c1cnc(Cl)cc1NS(=O)(=O)C(F)(F)F. The van der Waals surface area contributed by atoms with Gasteiger partial charge in [0, 0.05) is 35.5 Å². The number of benzene rings is 2. The van der Waals surface area contributed by atoms with Crippen molar-refractivity contribution in [1.82, 2.24) is 9.97 Å². The molecule has 0 radical (unpaired) electrons. The molecule has 0 saturated carbocycles. The third kappa shape index (κ3) is 10.6. The van der Waals surface area contributed by atoms with E-state index in [1.807, 2.05) is 0 Å². The van der Waals surface area contributed by atoms with Gasteiger partial charge in [-0.15, -0.1) is 0 Å². The number of anilines is 4. The second-order valence-electron chi connectivity index (χ2n) is 9.26. The van der Waals surface area contributed by atoms with Crippen molar-refractivity contribution in [2.24, 2.45) is 0 Å². The van der Waals surface area contributed by atoms with Gasteiger partial charge in [-0.2, -0.15) is 47.9 Å². The van der Waals surface area contributed by atoms with Crippen LogP contribution in [0, 0.1) is 0 Å². The molecule has 0 atom stereocenters. The molecule has 262 valence electrons. The van der Waals surface area contributed by atoms with Gasteiger partial charge in [0.25, 0.3) is 11.8 Å². The van der Waals surface area contributed by atoms with Gasteiger partial charge in [-0.05, 0) is 54.6 Å². The molecule has 2 aromatic carbocycles. The summed E-state index contributed by atoms with van der Waals surface area (Å²) in [6.45, 7) is 0. The van der Waals surface area contributed by atoms with Crippen LogP contribution in [0.1, 0.15) is 31.8 Å². The van der Waals surface area contributed by atoms with Gasteiger partial charge in [0.15, 0.2) is 0 Å². The molecular weight excluding hydrogens is 746 g/mol. The lowest BCUT2D eigenvalue weighted by Gasteiger charge is -2.14. The first-order valence-electron chi connectivity index (χ1n) is 12.6. The van der Waals surface area contributed by atoms with Gasteiger partial charge in [-0.25, -0.2) is 9.97 Å². The molecule has 22 heteroatoms. The van der Waals surface area contributed by atoms with E-state index in [2.05, 4.69) is 20.6 Å². The third-order valence-corrected chi connectivity index (χ3v) is 7.26. The zero-order valence-corrected chi connectivity index (χ0v) is 25.9. The van der Waals surface area contributed by atoms with Crippen LogP contribution < -0.4 is 21.1 Å². The predicted octanol–water partition coefficient (Wildman–Crippen LogP) is 7.86. The Hall–Kier alpha value is -4.82. The normalized spacial score (nSPS) is 12.0. The van der Waals surface area contributed by atoms with Crippen molar-refractivity contribution in [3.05, 3.63) is 106 Å². The summed E-state index contributed by atoms with van der Waals surface area (Å²) in [5, 5.41) is 4.27. The van der Waals surface area contributed by atoms with Crippen molar-refractivity contribution >= 4 is 67.8 Å². The summed E-state index contributed by atoms with van der Waals surface area (Å²) in [7, 11) is -5.86. The lowest BCUT2D eigenvalue weighted by molar-refractivity contribution is -0.138. The number of nitrogen functional groups attached to an aromatic ring is 1. The fraction of sp³-hybridized carbons (Fsp3) is 0.111. The summed E-state index contributed by atoms with van der Waals surface area (Å²) in [5.41, 5.74) is -3.00. The second kappa shape index (κ2) is 14.7. The summed E-state index contributed by atoms with van der Waals surface area (Å²) < 4.78 is 136. The van der Waals surface area contributed by atoms with Crippen molar-refractivity contribution in [1.29, 1.82) is 0 Å². The number of carbonyl (C=O) groups excluding carboxylic acids is 2. The van der Waals surface area contributed by atoms with Crippen LogP contribution >= 0.6 is 23.2 Å². The van der Waals surface area contributed by atoms with Gasteiger partial charge < -0.3 is 16.4 Å². The van der Waals surface area contributed by atoms with Crippen LogP contribution in [-0.4, -0.2) is 35.7 Å². The molecule has 0 saturated heterocycles. The maximum Gasteiger partial charge on any atom is 0.516 e. The van der Waals surface area contributed by atoms with Crippen LogP contribution in [0.2, 0.25) is 10.3 Å². The number of aromatic nitrogens is 2. The Morgan fingerprint density at radius 1 is 0.653 bits per heavy atom. The van der Waals surface area contributed by atoms with E-state index in [9.17, 15) is 57.5 Å². The van der Waals surface area contributed by atoms with E-state index < -0.39 is 67.2 Å². The number of nitrogens with one attached hydrogen (secondary N) is 3. The van der Waals surface area contributed by atoms with E-state index in [0.29, 0.717) is 24.4 Å². The molecule has 4 rings (SSSR count). The first kappa shape index (κ1) is 38.6. The van der Waals surface area contributed by atoms with Crippen molar-refractivity contribution in [3.63, 3.8) is 0 Å². The van der Waals surface area contributed by atoms with Crippen LogP contribution in [0.25, 0.3) is 0 Å². The Bertz CT molecular complexity index is 1940. The Morgan fingerprint density at radius 2 is 1.04 bits per heavy atom. The number of nitrogens with zero attached hydrogens (tertiary/aromatic N) is 2. The van der Waals surface area contributed by atoms with Gasteiger partial charge in [0.05, 0.1) is 27.9 Å². The first-order valence-corrected chi connectivity index (χ1v) is 14.8. The van der Waals surface area contributed by atoms with Crippen LogP contribution in [0.3, 0.4) is 0 Å². The Kier molecular flexibility index (Phi) is 11.6. The minimum Gasteiger partial charge on any atom is -0.398 e. The number of alkyl halides is 9. The molecule has 0 fully saturated rings. The van der Waals surface area contributed by atoms with E-state index in [4.69, 9.17) is 28.9 Å². The smallest absolute Gasteiger partial charge is 0.398 e. The zero-order valence-electron chi connectivity index (χ0n) is 23.6. The van der Waals surface area contributed by atoms with Gasteiger partial charge in [-0.1, -0.05) is 23.2 Å². The highest BCUT2D eigenvalue weighted by Gasteiger charge is 2.46. The average Bonchev–Trinajstić information content (AvgIpc) is 2.96. The van der Waals surface area contributed by atoms with Crippen LogP contribution in [-0.2, 0) is 22.4 Å². The summed E-state index contributed by atoms with van der Waals surface area (Å²) >= 11 is 11.1. The van der Waals surface area contributed by atoms with Crippen molar-refractivity contribution in [2.75, 3.05) is 21.1 Å². The number of carbonyl (C=O) groups is 2. The molecule has 0 spiro atoms. The maximum atomic E-state index is 12.5. The highest BCUT2D eigenvalue weighted by molar-refractivity contribution is 7.93. The number of hydrogen-bond donors (Lipinski definition) is 4. The van der Waals surface area contributed by atoms with Crippen molar-refractivity contribution in [3.8, 4) is 0 Å². The van der Waals surface area contributed by atoms with Crippen LogP contribution in [0.4, 0.5) is 62.3 Å². The number of sulfonamides is 1. The second-order valence-corrected chi connectivity index (χ2v) is 11.7. The summed E-state index contributed by atoms with van der Waals surface area (Å²) in [6, 6.07) is 9.19. The molecule has 2 amide bonds. The topological polar surface area (TPSA) is 156 Å². The lowest BCUT2D eigenvalue weighted by Crippen LogP contribution is -2.31. The third-order valence-electron chi connectivity index (χ3n) is 5.75.